The molecule has 2 rings (SSSR count). The van der Waals surface area contributed by atoms with Crippen LogP contribution in [-0.4, -0.2) is 14.8 Å². The van der Waals surface area contributed by atoms with Crippen molar-refractivity contribution in [2.75, 3.05) is 0 Å². The Hall–Kier alpha value is -1.07. The smallest absolute Gasteiger partial charge is 0.164 e. The van der Waals surface area contributed by atoms with Crippen LogP contribution in [0.4, 0.5) is 0 Å². The van der Waals surface area contributed by atoms with Gasteiger partial charge in [-0.05, 0) is 18.6 Å². The molecule has 0 aliphatic heterocycles. The first-order valence-corrected chi connectivity index (χ1v) is 7.59. The summed E-state index contributed by atoms with van der Waals surface area (Å²) in [7, 11) is 0. The predicted octanol–water partition coefficient (Wildman–Crippen LogP) is 3.82. The number of rotatable bonds is 6. The van der Waals surface area contributed by atoms with E-state index in [9.17, 15) is 0 Å². The van der Waals surface area contributed by atoms with Crippen LogP contribution in [0.2, 0.25) is 5.02 Å². The number of hydrogen-bond acceptors (Lipinski definition) is 3. The van der Waals surface area contributed by atoms with Gasteiger partial charge in [-0.1, -0.05) is 40.5 Å². The van der Waals surface area contributed by atoms with E-state index in [1.165, 1.54) is 0 Å². The molecule has 4 nitrogen and oxygen atoms in total. The highest BCUT2D eigenvalue weighted by Gasteiger charge is 2.09. The van der Waals surface area contributed by atoms with Crippen molar-refractivity contribution in [3.8, 4) is 5.75 Å². The maximum Gasteiger partial charge on any atom is 0.164 e. The maximum absolute atomic E-state index is 6.13. The number of aryl methyl sites for hydroxylation is 1. The Morgan fingerprint density at radius 2 is 2.26 bits per heavy atom. The van der Waals surface area contributed by atoms with E-state index in [4.69, 9.17) is 16.3 Å². The van der Waals surface area contributed by atoms with E-state index < -0.39 is 0 Å². The molecule has 0 radical (unpaired) electrons. The van der Waals surface area contributed by atoms with Crippen molar-refractivity contribution >= 4 is 27.5 Å². The van der Waals surface area contributed by atoms with Gasteiger partial charge in [0.1, 0.15) is 18.7 Å². The van der Waals surface area contributed by atoms with E-state index in [0.29, 0.717) is 17.0 Å². The first-order valence-electron chi connectivity index (χ1n) is 6.09. The SMILES string of the molecule is CCCn1ncnc1COc1cccc(Cl)c1CBr. The maximum atomic E-state index is 6.13. The number of hydrogen-bond donors (Lipinski definition) is 0. The third-order valence-electron chi connectivity index (χ3n) is 2.70. The van der Waals surface area contributed by atoms with Crippen LogP contribution in [0.3, 0.4) is 0 Å². The van der Waals surface area contributed by atoms with Crippen LogP contribution in [0.25, 0.3) is 0 Å². The second-order valence-electron chi connectivity index (χ2n) is 4.04. The molecule has 0 unspecified atom stereocenters. The molecule has 0 atom stereocenters. The minimum atomic E-state index is 0.389. The summed E-state index contributed by atoms with van der Waals surface area (Å²) in [5.41, 5.74) is 0.950. The zero-order valence-electron chi connectivity index (χ0n) is 10.6. The average molecular weight is 345 g/mol. The van der Waals surface area contributed by atoms with Crippen molar-refractivity contribution in [1.82, 2.24) is 14.8 Å². The standard InChI is InChI=1S/C13H15BrClN3O/c1-2-6-18-13(16-9-17-18)8-19-12-5-3-4-11(15)10(12)7-14/h3-5,9H,2,6-8H2,1H3. The summed E-state index contributed by atoms with van der Waals surface area (Å²) in [5, 5.41) is 5.52. The summed E-state index contributed by atoms with van der Waals surface area (Å²) < 4.78 is 7.66. The van der Waals surface area contributed by atoms with Crippen LogP contribution in [0.5, 0.6) is 5.75 Å². The number of ether oxygens (including phenoxy) is 1. The van der Waals surface area contributed by atoms with E-state index in [1.54, 1.807) is 6.33 Å². The first-order chi connectivity index (χ1) is 9.26. The van der Waals surface area contributed by atoms with Crippen molar-refractivity contribution in [3.63, 3.8) is 0 Å². The Morgan fingerprint density at radius 1 is 1.42 bits per heavy atom. The fourth-order valence-electron chi connectivity index (χ4n) is 1.74. The zero-order valence-corrected chi connectivity index (χ0v) is 13.0. The molecule has 102 valence electrons. The Labute approximate surface area is 125 Å². The lowest BCUT2D eigenvalue weighted by atomic mass is 10.2. The van der Waals surface area contributed by atoms with Crippen molar-refractivity contribution < 1.29 is 4.74 Å². The van der Waals surface area contributed by atoms with Gasteiger partial charge in [0.15, 0.2) is 5.82 Å². The predicted molar refractivity (Wildman–Crippen MR) is 78.7 cm³/mol. The molecule has 0 bridgehead atoms. The van der Waals surface area contributed by atoms with Gasteiger partial charge in [0, 0.05) is 22.5 Å². The third-order valence-corrected chi connectivity index (χ3v) is 3.61. The molecule has 0 N–H and O–H groups in total. The molecule has 0 amide bonds. The second kappa shape index (κ2) is 6.91. The Kier molecular flexibility index (Phi) is 5.22. The lowest BCUT2D eigenvalue weighted by molar-refractivity contribution is 0.284. The molecule has 0 aliphatic carbocycles. The Morgan fingerprint density at radius 3 is 3.00 bits per heavy atom. The molecule has 2 aromatic rings. The minimum absolute atomic E-state index is 0.389. The van der Waals surface area contributed by atoms with Gasteiger partial charge < -0.3 is 4.74 Å². The van der Waals surface area contributed by atoms with E-state index in [1.807, 2.05) is 22.9 Å². The molecular weight excluding hydrogens is 330 g/mol. The highest BCUT2D eigenvalue weighted by molar-refractivity contribution is 9.08. The molecule has 1 aromatic heterocycles. The Bertz CT molecular complexity index is 544. The third kappa shape index (κ3) is 3.48. The summed E-state index contributed by atoms with van der Waals surface area (Å²) in [6, 6.07) is 5.63. The Balaban J connectivity index is 2.10. The number of halogens is 2. The van der Waals surface area contributed by atoms with Gasteiger partial charge in [0.25, 0.3) is 0 Å². The van der Waals surface area contributed by atoms with Crippen LogP contribution in [0.15, 0.2) is 24.5 Å². The largest absolute Gasteiger partial charge is 0.485 e. The fourth-order valence-corrected chi connectivity index (χ4v) is 2.72. The molecule has 0 saturated heterocycles. The summed E-state index contributed by atoms with van der Waals surface area (Å²) in [6.07, 6.45) is 2.57. The molecule has 0 aliphatic rings. The van der Waals surface area contributed by atoms with Gasteiger partial charge in [-0.3, -0.25) is 0 Å². The van der Waals surface area contributed by atoms with Gasteiger partial charge >= 0.3 is 0 Å². The van der Waals surface area contributed by atoms with Crippen LogP contribution < -0.4 is 4.74 Å². The highest BCUT2D eigenvalue weighted by Crippen LogP contribution is 2.28. The summed E-state index contributed by atoms with van der Waals surface area (Å²) in [6.45, 7) is 3.34. The van der Waals surface area contributed by atoms with E-state index in [-0.39, 0.29) is 0 Å². The molecule has 6 heteroatoms. The van der Waals surface area contributed by atoms with E-state index in [2.05, 4.69) is 32.9 Å². The van der Waals surface area contributed by atoms with Gasteiger partial charge in [0.05, 0.1) is 0 Å². The number of benzene rings is 1. The van der Waals surface area contributed by atoms with Crippen molar-refractivity contribution in [1.29, 1.82) is 0 Å². The molecule has 1 heterocycles. The highest BCUT2D eigenvalue weighted by atomic mass is 79.9. The van der Waals surface area contributed by atoms with Crippen molar-refractivity contribution in [2.45, 2.75) is 31.8 Å². The van der Waals surface area contributed by atoms with Crippen LogP contribution >= 0.6 is 27.5 Å². The average Bonchev–Trinajstić information content (AvgIpc) is 2.84. The molecule has 19 heavy (non-hydrogen) atoms. The monoisotopic (exact) mass is 343 g/mol. The zero-order chi connectivity index (χ0) is 13.7. The van der Waals surface area contributed by atoms with Crippen LogP contribution in [0.1, 0.15) is 24.7 Å². The van der Waals surface area contributed by atoms with Gasteiger partial charge in [-0.15, -0.1) is 0 Å². The number of nitrogens with zero attached hydrogens (tertiary/aromatic N) is 3. The minimum Gasteiger partial charge on any atom is -0.485 e. The first kappa shape index (κ1) is 14.3. The number of alkyl halides is 1. The molecular formula is C13H15BrClN3O. The fraction of sp³-hybridized carbons (Fsp3) is 0.385. The molecule has 1 aromatic carbocycles. The second-order valence-corrected chi connectivity index (χ2v) is 5.01. The van der Waals surface area contributed by atoms with Gasteiger partial charge in [0.2, 0.25) is 0 Å². The molecule has 0 saturated carbocycles. The number of aromatic nitrogens is 3. The summed E-state index contributed by atoms with van der Waals surface area (Å²) >= 11 is 9.55. The van der Waals surface area contributed by atoms with E-state index >= 15 is 0 Å². The summed E-state index contributed by atoms with van der Waals surface area (Å²) in [5.74, 6) is 1.60. The summed E-state index contributed by atoms with van der Waals surface area (Å²) in [4.78, 5) is 4.21. The van der Waals surface area contributed by atoms with E-state index in [0.717, 1.165) is 30.1 Å². The van der Waals surface area contributed by atoms with Crippen molar-refractivity contribution in [2.24, 2.45) is 0 Å². The topological polar surface area (TPSA) is 39.9 Å². The normalized spacial score (nSPS) is 10.7. The lowest BCUT2D eigenvalue weighted by Crippen LogP contribution is -2.09. The van der Waals surface area contributed by atoms with Crippen molar-refractivity contribution in [3.05, 3.63) is 40.9 Å². The van der Waals surface area contributed by atoms with Crippen LogP contribution in [0, 0.1) is 0 Å². The quantitative estimate of drug-likeness (QED) is 0.748. The lowest BCUT2D eigenvalue weighted by Gasteiger charge is -2.11. The van der Waals surface area contributed by atoms with Gasteiger partial charge in [-0.25, -0.2) is 9.67 Å². The van der Waals surface area contributed by atoms with Crippen LogP contribution in [-0.2, 0) is 18.5 Å². The van der Waals surface area contributed by atoms with Gasteiger partial charge in [-0.2, -0.15) is 5.10 Å². The molecule has 0 fully saturated rings. The molecule has 0 spiro atoms.